The number of hydrogen-bond acceptors (Lipinski definition) is 3. The van der Waals surface area contributed by atoms with Crippen LogP contribution in [-0.4, -0.2) is 20.6 Å². The fourth-order valence-corrected chi connectivity index (χ4v) is 1.88. The van der Waals surface area contributed by atoms with Crippen LogP contribution in [0.5, 0.6) is 5.75 Å². The van der Waals surface area contributed by atoms with Crippen LogP contribution in [0, 0.1) is 5.82 Å². The van der Waals surface area contributed by atoms with E-state index in [9.17, 15) is 9.18 Å². The number of aryl methyl sites for hydroxylation is 1. The second-order valence-electron chi connectivity index (χ2n) is 4.29. The molecule has 0 bridgehead atoms. The Labute approximate surface area is 115 Å². The lowest BCUT2D eigenvalue weighted by atomic mass is 10.2. The number of rotatable bonds is 6. The Morgan fingerprint density at radius 1 is 1.50 bits per heavy atom. The van der Waals surface area contributed by atoms with E-state index >= 15 is 0 Å². The Morgan fingerprint density at radius 3 is 3.00 bits per heavy atom. The van der Waals surface area contributed by atoms with Crippen LogP contribution < -0.4 is 4.74 Å². The average molecular weight is 278 g/mol. The summed E-state index contributed by atoms with van der Waals surface area (Å²) in [6.07, 6.45) is 4.22. The number of carbonyl (C=O) groups is 1. The molecule has 0 aliphatic carbocycles. The van der Waals surface area contributed by atoms with E-state index in [-0.39, 0.29) is 17.9 Å². The molecular formula is C14H15FN2O3. The Balaban J connectivity index is 2.18. The maximum Gasteiger partial charge on any atom is 0.339 e. The van der Waals surface area contributed by atoms with Gasteiger partial charge in [-0.15, -0.1) is 0 Å². The van der Waals surface area contributed by atoms with Crippen molar-refractivity contribution >= 4 is 5.97 Å². The van der Waals surface area contributed by atoms with Gasteiger partial charge in [0.1, 0.15) is 12.2 Å². The topological polar surface area (TPSA) is 64.4 Å². The first-order valence-corrected chi connectivity index (χ1v) is 6.27. The van der Waals surface area contributed by atoms with Crippen LogP contribution in [0.2, 0.25) is 0 Å². The molecule has 0 saturated carbocycles. The van der Waals surface area contributed by atoms with Gasteiger partial charge >= 0.3 is 5.97 Å². The molecule has 1 aromatic carbocycles. The number of nitrogens with zero attached hydrogens (tertiary/aromatic N) is 2. The zero-order valence-electron chi connectivity index (χ0n) is 11.0. The standard InChI is InChI=1S/C14H15FN2O3/c1-2-6-17-9-16-7-10(17)8-20-13-11(14(18)19)4-3-5-12(13)15/h3-5,7,9H,2,6,8H2,1H3,(H,18,19). The normalized spacial score (nSPS) is 10.5. The number of halogens is 1. The minimum atomic E-state index is -1.22. The van der Waals surface area contributed by atoms with Gasteiger partial charge in [0, 0.05) is 6.54 Å². The number of carboxylic acid groups (broad SMARTS) is 1. The number of hydrogen-bond donors (Lipinski definition) is 1. The van der Waals surface area contributed by atoms with Crippen LogP contribution >= 0.6 is 0 Å². The minimum Gasteiger partial charge on any atom is -0.483 e. The fourth-order valence-electron chi connectivity index (χ4n) is 1.88. The van der Waals surface area contributed by atoms with Gasteiger partial charge in [-0.05, 0) is 18.6 Å². The minimum absolute atomic E-state index is 0.0706. The Bertz CT molecular complexity index is 610. The molecule has 0 atom stereocenters. The SMILES string of the molecule is CCCn1cncc1COc1c(F)cccc1C(=O)O. The summed E-state index contributed by atoms with van der Waals surface area (Å²) in [6, 6.07) is 3.82. The van der Waals surface area contributed by atoms with Crippen molar-refractivity contribution in [2.75, 3.05) is 0 Å². The molecule has 106 valence electrons. The van der Waals surface area contributed by atoms with Crippen molar-refractivity contribution in [2.24, 2.45) is 0 Å². The predicted octanol–water partition coefficient (Wildman–Crippen LogP) is 2.71. The van der Waals surface area contributed by atoms with Gasteiger partial charge in [0.05, 0.1) is 18.2 Å². The monoisotopic (exact) mass is 278 g/mol. The molecule has 20 heavy (non-hydrogen) atoms. The third kappa shape index (κ3) is 2.96. The number of ether oxygens (including phenoxy) is 1. The summed E-state index contributed by atoms with van der Waals surface area (Å²) in [5.74, 6) is -2.16. The molecule has 1 N–H and O–H groups in total. The van der Waals surface area contributed by atoms with Crippen LogP contribution in [0.15, 0.2) is 30.7 Å². The zero-order chi connectivity index (χ0) is 14.5. The summed E-state index contributed by atoms with van der Waals surface area (Å²) in [5, 5.41) is 9.02. The number of aromatic carboxylic acids is 1. The summed E-state index contributed by atoms with van der Waals surface area (Å²) in [6.45, 7) is 2.88. The molecule has 6 heteroatoms. The van der Waals surface area contributed by atoms with Gasteiger partial charge in [-0.1, -0.05) is 13.0 Å². The quantitative estimate of drug-likeness (QED) is 0.882. The van der Waals surface area contributed by atoms with Crippen molar-refractivity contribution in [3.63, 3.8) is 0 Å². The van der Waals surface area contributed by atoms with Gasteiger partial charge < -0.3 is 14.4 Å². The maximum atomic E-state index is 13.7. The van der Waals surface area contributed by atoms with Crippen molar-refractivity contribution in [3.05, 3.63) is 47.8 Å². The first-order chi connectivity index (χ1) is 9.63. The summed E-state index contributed by atoms with van der Waals surface area (Å²) in [5.41, 5.74) is 0.581. The van der Waals surface area contributed by atoms with Crippen LogP contribution in [0.3, 0.4) is 0 Å². The van der Waals surface area contributed by atoms with Crippen LogP contribution in [0.1, 0.15) is 29.4 Å². The predicted molar refractivity (Wildman–Crippen MR) is 70.2 cm³/mol. The van der Waals surface area contributed by atoms with Crippen molar-refractivity contribution in [2.45, 2.75) is 26.5 Å². The van der Waals surface area contributed by atoms with Gasteiger partial charge in [0.25, 0.3) is 0 Å². The largest absolute Gasteiger partial charge is 0.483 e. The Kier molecular flexibility index (Phi) is 4.34. The first kappa shape index (κ1) is 14.0. The molecule has 0 saturated heterocycles. The van der Waals surface area contributed by atoms with Crippen LogP contribution in [-0.2, 0) is 13.2 Å². The number of para-hydroxylation sites is 1. The second kappa shape index (κ2) is 6.18. The zero-order valence-corrected chi connectivity index (χ0v) is 11.0. The van der Waals surface area contributed by atoms with E-state index in [1.54, 1.807) is 12.5 Å². The first-order valence-electron chi connectivity index (χ1n) is 6.27. The highest BCUT2D eigenvalue weighted by Crippen LogP contribution is 2.23. The van der Waals surface area contributed by atoms with E-state index in [1.165, 1.54) is 18.2 Å². The molecule has 0 fully saturated rings. The molecule has 2 aromatic rings. The van der Waals surface area contributed by atoms with E-state index in [1.807, 2.05) is 11.5 Å². The van der Waals surface area contributed by atoms with E-state index in [0.717, 1.165) is 18.7 Å². The maximum absolute atomic E-state index is 13.7. The number of imidazole rings is 1. The number of carboxylic acids is 1. The van der Waals surface area contributed by atoms with E-state index in [0.29, 0.717) is 0 Å². The molecule has 0 spiro atoms. The van der Waals surface area contributed by atoms with Crippen molar-refractivity contribution in [1.29, 1.82) is 0 Å². The molecule has 0 amide bonds. The lowest BCUT2D eigenvalue weighted by Gasteiger charge is -2.11. The van der Waals surface area contributed by atoms with Crippen molar-refractivity contribution < 1.29 is 19.0 Å². The van der Waals surface area contributed by atoms with Crippen LogP contribution in [0.4, 0.5) is 4.39 Å². The lowest BCUT2D eigenvalue weighted by molar-refractivity contribution is 0.0690. The molecule has 5 nitrogen and oxygen atoms in total. The summed E-state index contributed by atoms with van der Waals surface area (Å²) < 4.78 is 20.9. The molecule has 2 rings (SSSR count). The van der Waals surface area contributed by atoms with E-state index < -0.39 is 11.8 Å². The van der Waals surface area contributed by atoms with Crippen LogP contribution in [0.25, 0.3) is 0 Å². The van der Waals surface area contributed by atoms with Gasteiger partial charge in [-0.2, -0.15) is 0 Å². The molecule has 0 aliphatic rings. The molecular weight excluding hydrogens is 263 g/mol. The number of aromatic nitrogens is 2. The third-order valence-corrected chi connectivity index (χ3v) is 2.82. The molecule has 0 radical (unpaired) electrons. The molecule has 1 heterocycles. The Hall–Kier alpha value is -2.37. The van der Waals surface area contributed by atoms with Crippen molar-refractivity contribution in [3.8, 4) is 5.75 Å². The lowest BCUT2D eigenvalue weighted by Crippen LogP contribution is -2.08. The molecule has 0 unspecified atom stereocenters. The van der Waals surface area contributed by atoms with E-state index in [4.69, 9.17) is 9.84 Å². The highest BCUT2D eigenvalue weighted by molar-refractivity contribution is 5.90. The van der Waals surface area contributed by atoms with Gasteiger partial charge in [-0.3, -0.25) is 0 Å². The fraction of sp³-hybridized carbons (Fsp3) is 0.286. The average Bonchev–Trinajstić information content (AvgIpc) is 2.85. The van der Waals surface area contributed by atoms with E-state index in [2.05, 4.69) is 4.98 Å². The highest BCUT2D eigenvalue weighted by atomic mass is 19.1. The Morgan fingerprint density at radius 2 is 2.30 bits per heavy atom. The van der Waals surface area contributed by atoms with Crippen molar-refractivity contribution in [1.82, 2.24) is 9.55 Å². The van der Waals surface area contributed by atoms with Gasteiger partial charge in [0.15, 0.2) is 11.6 Å². The summed E-state index contributed by atoms with van der Waals surface area (Å²) in [4.78, 5) is 15.0. The number of benzene rings is 1. The van der Waals surface area contributed by atoms with Gasteiger partial charge in [-0.25, -0.2) is 14.2 Å². The molecule has 0 aliphatic heterocycles. The molecule has 1 aromatic heterocycles. The smallest absolute Gasteiger partial charge is 0.339 e. The highest BCUT2D eigenvalue weighted by Gasteiger charge is 2.16. The third-order valence-electron chi connectivity index (χ3n) is 2.82. The van der Waals surface area contributed by atoms with Gasteiger partial charge in [0.2, 0.25) is 0 Å². The summed E-state index contributed by atoms with van der Waals surface area (Å²) in [7, 11) is 0. The summed E-state index contributed by atoms with van der Waals surface area (Å²) >= 11 is 0. The second-order valence-corrected chi connectivity index (χ2v) is 4.29.